The number of thiocarbonyl (C=S) groups is 1. The maximum atomic E-state index is 11.9. The molecule has 0 aliphatic carbocycles. The Morgan fingerprint density at radius 1 is 1.20 bits per heavy atom. The Labute approximate surface area is 154 Å². The van der Waals surface area contributed by atoms with Gasteiger partial charge in [0, 0.05) is 18.3 Å². The van der Waals surface area contributed by atoms with Crippen molar-refractivity contribution >= 4 is 32.9 Å². The number of benzene rings is 2. The fourth-order valence-electron chi connectivity index (χ4n) is 3.09. The van der Waals surface area contributed by atoms with Crippen molar-refractivity contribution in [2.45, 2.75) is 25.9 Å². The van der Waals surface area contributed by atoms with Gasteiger partial charge in [-0.3, -0.25) is 0 Å². The fourth-order valence-corrected chi connectivity index (χ4v) is 5.15. The highest BCUT2D eigenvalue weighted by molar-refractivity contribution is 7.91. The van der Waals surface area contributed by atoms with E-state index in [9.17, 15) is 8.42 Å². The molecule has 0 saturated carbocycles. The van der Waals surface area contributed by atoms with Crippen LogP contribution < -0.4 is 5.32 Å². The van der Waals surface area contributed by atoms with Crippen molar-refractivity contribution in [3.63, 3.8) is 0 Å². The summed E-state index contributed by atoms with van der Waals surface area (Å²) < 4.78 is 23.9. The summed E-state index contributed by atoms with van der Waals surface area (Å²) in [5.41, 5.74) is 3.18. The molecular weight excluding hydrogens is 352 g/mol. The van der Waals surface area contributed by atoms with Crippen molar-refractivity contribution < 1.29 is 8.42 Å². The summed E-state index contributed by atoms with van der Waals surface area (Å²) in [6.07, 6.45) is 0.616. The Kier molecular flexibility index (Phi) is 5.39. The monoisotopic (exact) mass is 374 g/mol. The number of hydrogen-bond donors (Lipinski definition) is 1. The third-order valence-electron chi connectivity index (χ3n) is 4.38. The Hall–Kier alpha value is -1.92. The Bertz CT molecular complexity index is 851. The van der Waals surface area contributed by atoms with E-state index in [1.54, 1.807) is 0 Å². The predicted molar refractivity (Wildman–Crippen MR) is 106 cm³/mol. The molecule has 6 heteroatoms. The van der Waals surface area contributed by atoms with Gasteiger partial charge >= 0.3 is 0 Å². The number of rotatable bonds is 4. The molecule has 0 amide bonds. The van der Waals surface area contributed by atoms with E-state index in [0.717, 1.165) is 16.8 Å². The van der Waals surface area contributed by atoms with Crippen LogP contribution in [-0.2, 0) is 16.4 Å². The van der Waals surface area contributed by atoms with Gasteiger partial charge in [0.2, 0.25) is 0 Å². The highest BCUT2D eigenvalue weighted by Gasteiger charge is 2.33. The summed E-state index contributed by atoms with van der Waals surface area (Å²) in [5, 5.41) is 3.84. The molecule has 3 rings (SSSR count). The number of nitrogens with one attached hydrogen (secondary N) is 1. The van der Waals surface area contributed by atoms with E-state index in [0.29, 0.717) is 18.1 Å². The highest BCUT2D eigenvalue weighted by Crippen LogP contribution is 2.22. The number of hydrogen-bond acceptors (Lipinski definition) is 3. The molecule has 1 N–H and O–H groups in total. The molecule has 1 fully saturated rings. The molecule has 0 radical (unpaired) electrons. The van der Waals surface area contributed by atoms with E-state index in [-0.39, 0.29) is 17.5 Å². The quantitative estimate of drug-likeness (QED) is 0.832. The second-order valence-electron chi connectivity index (χ2n) is 6.47. The smallest absolute Gasteiger partial charge is 0.174 e. The molecule has 0 bridgehead atoms. The van der Waals surface area contributed by atoms with E-state index in [1.807, 2.05) is 66.4 Å². The lowest BCUT2D eigenvalue weighted by Crippen LogP contribution is -2.43. The zero-order valence-corrected chi connectivity index (χ0v) is 15.8. The summed E-state index contributed by atoms with van der Waals surface area (Å²) in [5.74, 6) is 0.394. The maximum Gasteiger partial charge on any atom is 0.174 e. The van der Waals surface area contributed by atoms with Gasteiger partial charge in [-0.15, -0.1) is 0 Å². The molecule has 4 nitrogen and oxygen atoms in total. The molecule has 2 aromatic rings. The molecule has 25 heavy (non-hydrogen) atoms. The average molecular weight is 375 g/mol. The van der Waals surface area contributed by atoms with E-state index >= 15 is 0 Å². The molecule has 132 valence electrons. The van der Waals surface area contributed by atoms with E-state index in [1.165, 1.54) is 0 Å². The first kappa shape index (κ1) is 17.9. The molecule has 0 unspecified atom stereocenters. The molecule has 1 heterocycles. The topological polar surface area (TPSA) is 49.4 Å². The summed E-state index contributed by atoms with van der Waals surface area (Å²) in [7, 11) is -2.97. The van der Waals surface area contributed by atoms with Gasteiger partial charge in [0.05, 0.1) is 11.5 Å². The molecule has 1 saturated heterocycles. The second-order valence-corrected chi connectivity index (χ2v) is 9.09. The van der Waals surface area contributed by atoms with E-state index in [2.05, 4.69) is 5.32 Å². The lowest BCUT2D eigenvalue weighted by Gasteiger charge is -2.31. The molecule has 1 atom stereocenters. The molecular formula is C19H22N2O2S2. The van der Waals surface area contributed by atoms with Gasteiger partial charge in [-0.2, -0.15) is 0 Å². The van der Waals surface area contributed by atoms with E-state index in [4.69, 9.17) is 12.2 Å². The van der Waals surface area contributed by atoms with Crippen LogP contribution in [0.25, 0.3) is 0 Å². The number of aryl methyl sites for hydroxylation is 1. The standard InChI is InChI=1S/C19H22N2O2S2/c1-15-6-5-9-17(12-15)20-19(24)21(13-16-7-3-2-4-8-16)18-10-11-25(22,23)14-18/h2-9,12,18H,10-11,13-14H2,1H3,(H,20,24)/t18-/m1/s1. The van der Waals surface area contributed by atoms with Gasteiger partial charge in [-0.25, -0.2) is 8.42 Å². The molecule has 0 aromatic heterocycles. The van der Waals surface area contributed by atoms with Gasteiger partial charge in [0.25, 0.3) is 0 Å². The number of anilines is 1. The van der Waals surface area contributed by atoms with Crippen LogP contribution >= 0.6 is 12.2 Å². The van der Waals surface area contributed by atoms with E-state index < -0.39 is 9.84 Å². The largest absolute Gasteiger partial charge is 0.341 e. The van der Waals surface area contributed by atoms with Gasteiger partial charge in [0.1, 0.15) is 0 Å². The Morgan fingerprint density at radius 2 is 1.96 bits per heavy atom. The van der Waals surface area contributed by atoms with Crippen molar-refractivity contribution in [1.82, 2.24) is 4.90 Å². The predicted octanol–water partition coefficient (Wildman–Crippen LogP) is 3.38. The van der Waals surface area contributed by atoms with Gasteiger partial charge in [-0.1, -0.05) is 42.5 Å². The van der Waals surface area contributed by atoms with Crippen molar-refractivity contribution in [1.29, 1.82) is 0 Å². The summed E-state index contributed by atoms with van der Waals surface area (Å²) in [6.45, 7) is 2.62. The van der Waals surface area contributed by atoms with Crippen LogP contribution in [0.2, 0.25) is 0 Å². The van der Waals surface area contributed by atoms with Crippen LogP contribution in [0.3, 0.4) is 0 Å². The van der Waals surface area contributed by atoms with Crippen molar-refractivity contribution in [3.05, 3.63) is 65.7 Å². The van der Waals surface area contributed by atoms with Crippen LogP contribution in [0.4, 0.5) is 5.69 Å². The first-order chi connectivity index (χ1) is 11.9. The van der Waals surface area contributed by atoms with Gasteiger partial charge < -0.3 is 10.2 Å². The maximum absolute atomic E-state index is 11.9. The summed E-state index contributed by atoms with van der Waals surface area (Å²) >= 11 is 5.63. The molecule has 1 aliphatic rings. The van der Waals surface area contributed by atoms with Crippen molar-refractivity contribution in [2.75, 3.05) is 16.8 Å². The fraction of sp³-hybridized carbons (Fsp3) is 0.316. The zero-order chi connectivity index (χ0) is 17.9. The average Bonchev–Trinajstić information content (AvgIpc) is 2.93. The first-order valence-electron chi connectivity index (χ1n) is 8.31. The Balaban J connectivity index is 1.81. The lowest BCUT2D eigenvalue weighted by atomic mass is 10.1. The summed E-state index contributed by atoms with van der Waals surface area (Å²) in [6, 6.07) is 17.9. The molecule has 1 aliphatic heterocycles. The second kappa shape index (κ2) is 7.54. The SMILES string of the molecule is Cc1cccc(NC(=S)N(Cc2ccccc2)[C@@H]2CCS(=O)(=O)C2)c1. The van der Waals surface area contributed by atoms with Gasteiger partial charge in [0.15, 0.2) is 14.9 Å². The van der Waals surface area contributed by atoms with Crippen molar-refractivity contribution in [3.8, 4) is 0 Å². The minimum Gasteiger partial charge on any atom is -0.341 e. The number of sulfone groups is 1. The highest BCUT2D eigenvalue weighted by atomic mass is 32.2. The Morgan fingerprint density at radius 3 is 2.60 bits per heavy atom. The van der Waals surface area contributed by atoms with Crippen LogP contribution in [0.15, 0.2) is 54.6 Å². The molecule has 0 spiro atoms. The molecule has 2 aromatic carbocycles. The minimum atomic E-state index is -2.97. The number of nitrogens with zero attached hydrogens (tertiary/aromatic N) is 1. The van der Waals surface area contributed by atoms with Crippen molar-refractivity contribution in [2.24, 2.45) is 0 Å². The van der Waals surface area contributed by atoms with Crippen LogP contribution in [-0.4, -0.2) is 36.0 Å². The van der Waals surface area contributed by atoms with Crippen LogP contribution in [0.1, 0.15) is 17.5 Å². The summed E-state index contributed by atoms with van der Waals surface area (Å²) in [4.78, 5) is 2.01. The zero-order valence-electron chi connectivity index (χ0n) is 14.2. The third-order valence-corrected chi connectivity index (χ3v) is 6.46. The normalized spacial score (nSPS) is 18.7. The third kappa shape index (κ3) is 4.80. The van der Waals surface area contributed by atoms with Crippen LogP contribution in [0, 0.1) is 6.92 Å². The minimum absolute atomic E-state index is 0.0879. The first-order valence-corrected chi connectivity index (χ1v) is 10.5. The van der Waals surface area contributed by atoms with Gasteiger partial charge in [-0.05, 0) is 48.8 Å². The lowest BCUT2D eigenvalue weighted by molar-refractivity contribution is 0.332. The van der Waals surface area contributed by atoms with Crippen LogP contribution in [0.5, 0.6) is 0 Å².